The van der Waals surface area contributed by atoms with Crippen molar-refractivity contribution in [1.82, 2.24) is 9.88 Å². The molecule has 1 aromatic carbocycles. The van der Waals surface area contributed by atoms with E-state index >= 15 is 0 Å². The van der Waals surface area contributed by atoms with E-state index in [1.54, 1.807) is 17.0 Å². The largest absolute Gasteiger partial charge is 0.334 e. The summed E-state index contributed by atoms with van der Waals surface area (Å²) < 4.78 is 0. The number of Topliss-reactive ketones (excluding diaryl/α,β-unsaturated/α-hetero) is 1. The molecule has 1 atom stereocenters. The van der Waals surface area contributed by atoms with E-state index in [1.165, 1.54) is 6.20 Å². The number of hydrogen-bond donors (Lipinski definition) is 0. The Balaban J connectivity index is 1.71. The maximum atomic E-state index is 12.6. The summed E-state index contributed by atoms with van der Waals surface area (Å²) in [4.78, 5) is 30.8. The Morgan fingerprint density at radius 1 is 1.17 bits per heavy atom. The number of aromatic nitrogens is 1. The number of carbonyl (C=O) groups excluding carboxylic acids is 2. The van der Waals surface area contributed by atoms with Crippen LogP contribution in [-0.2, 0) is 0 Å². The van der Waals surface area contributed by atoms with E-state index in [4.69, 9.17) is 11.6 Å². The fourth-order valence-electron chi connectivity index (χ4n) is 2.92. The lowest BCUT2D eigenvalue weighted by Crippen LogP contribution is -2.37. The summed E-state index contributed by atoms with van der Waals surface area (Å²) in [5.74, 6) is -0.0654. The average Bonchev–Trinajstić information content (AvgIpc) is 3.04. The number of carbonyl (C=O) groups is 2. The van der Waals surface area contributed by atoms with Crippen molar-refractivity contribution in [2.24, 2.45) is 0 Å². The zero-order valence-corrected chi connectivity index (χ0v) is 13.4. The van der Waals surface area contributed by atoms with Gasteiger partial charge in [0.05, 0.1) is 5.02 Å². The van der Waals surface area contributed by atoms with Gasteiger partial charge in [0.25, 0.3) is 5.91 Å². The molecule has 1 saturated heterocycles. The molecule has 0 bridgehead atoms. The van der Waals surface area contributed by atoms with Gasteiger partial charge in [-0.1, -0.05) is 41.9 Å². The molecule has 0 unspecified atom stereocenters. The van der Waals surface area contributed by atoms with Crippen LogP contribution in [0.5, 0.6) is 0 Å². The summed E-state index contributed by atoms with van der Waals surface area (Å²) in [7, 11) is 0. The van der Waals surface area contributed by atoms with Crippen molar-refractivity contribution < 1.29 is 9.59 Å². The molecule has 1 aliphatic rings. The molecule has 1 aliphatic heterocycles. The Labute approximate surface area is 140 Å². The van der Waals surface area contributed by atoms with Crippen molar-refractivity contribution in [3.63, 3.8) is 0 Å². The van der Waals surface area contributed by atoms with E-state index < -0.39 is 0 Å². The molecule has 2 aromatic rings. The van der Waals surface area contributed by atoms with E-state index in [0.29, 0.717) is 29.2 Å². The number of benzene rings is 1. The first-order valence-corrected chi connectivity index (χ1v) is 8.04. The van der Waals surface area contributed by atoms with Gasteiger partial charge < -0.3 is 4.90 Å². The van der Waals surface area contributed by atoms with Gasteiger partial charge in [0.2, 0.25) is 0 Å². The second kappa shape index (κ2) is 6.92. The second-order valence-electron chi connectivity index (χ2n) is 5.65. The zero-order valence-electron chi connectivity index (χ0n) is 12.6. The zero-order chi connectivity index (χ0) is 16.2. The Morgan fingerprint density at radius 3 is 2.65 bits per heavy atom. The molecule has 0 saturated carbocycles. The average molecular weight is 329 g/mol. The van der Waals surface area contributed by atoms with Gasteiger partial charge in [-0.15, -0.1) is 0 Å². The number of nitrogens with zero attached hydrogens (tertiary/aromatic N) is 2. The number of likely N-dealkylation sites (tertiary alicyclic amines) is 1. The molecule has 5 heteroatoms. The fraction of sp³-hybridized carbons (Fsp3) is 0.278. The summed E-state index contributed by atoms with van der Waals surface area (Å²) in [5, 5.41) is 0.499. The number of pyridine rings is 1. The molecule has 1 aromatic heterocycles. The Morgan fingerprint density at radius 2 is 1.96 bits per heavy atom. The van der Waals surface area contributed by atoms with Gasteiger partial charge in [-0.25, -0.2) is 4.98 Å². The molecule has 0 N–H and O–H groups in total. The lowest BCUT2D eigenvalue weighted by molar-refractivity contribution is 0.0711. The van der Waals surface area contributed by atoms with E-state index in [2.05, 4.69) is 4.98 Å². The van der Waals surface area contributed by atoms with Crippen LogP contribution in [0, 0.1) is 0 Å². The summed E-state index contributed by atoms with van der Waals surface area (Å²) in [6, 6.07) is 12.4. The van der Waals surface area contributed by atoms with Crippen molar-refractivity contribution in [3.05, 3.63) is 64.9 Å². The van der Waals surface area contributed by atoms with E-state index in [-0.39, 0.29) is 17.7 Å². The van der Waals surface area contributed by atoms with Gasteiger partial charge in [-0.2, -0.15) is 0 Å². The molecule has 1 fully saturated rings. The van der Waals surface area contributed by atoms with Crippen LogP contribution in [0.1, 0.15) is 40.1 Å². The summed E-state index contributed by atoms with van der Waals surface area (Å²) >= 11 is 5.81. The van der Waals surface area contributed by atoms with Crippen LogP contribution < -0.4 is 0 Å². The van der Waals surface area contributed by atoms with Crippen LogP contribution in [0.15, 0.2) is 48.7 Å². The van der Waals surface area contributed by atoms with Crippen molar-refractivity contribution in [1.29, 1.82) is 0 Å². The molecule has 23 heavy (non-hydrogen) atoms. The first kappa shape index (κ1) is 15.7. The molecule has 3 rings (SSSR count). The number of halogens is 1. The molecule has 2 heterocycles. The van der Waals surface area contributed by atoms with Crippen LogP contribution in [0.3, 0.4) is 0 Å². The Bertz CT molecular complexity index is 701. The maximum Gasteiger partial charge on any atom is 0.272 e. The lowest BCUT2D eigenvalue weighted by Gasteiger charge is -2.24. The van der Waals surface area contributed by atoms with Gasteiger partial charge in [0.15, 0.2) is 5.78 Å². The molecule has 0 radical (unpaired) electrons. The molecular formula is C18H17ClN2O2. The van der Waals surface area contributed by atoms with E-state index in [0.717, 1.165) is 12.8 Å². The first-order chi connectivity index (χ1) is 11.1. The van der Waals surface area contributed by atoms with Gasteiger partial charge in [-0.3, -0.25) is 9.59 Å². The SMILES string of the molecule is O=C(C[C@@H]1CCCN1C(=O)c1ccc(Cl)cn1)c1ccccc1. The van der Waals surface area contributed by atoms with Gasteiger partial charge in [-0.05, 0) is 25.0 Å². The van der Waals surface area contributed by atoms with Crippen LogP contribution in [0.4, 0.5) is 0 Å². The molecule has 118 valence electrons. The van der Waals surface area contributed by atoms with Crippen molar-refractivity contribution in [2.75, 3.05) is 6.54 Å². The van der Waals surface area contributed by atoms with Gasteiger partial charge in [0.1, 0.15) is 5.69 Å². The normalized spacial score (nSPS) is 17.3. The number of rotatable bonds is 4. The van der Waals surface area contributed by atoms with Crippen molar-refractivity contribution in [3.8, 4) is 0 Å². The maximum absolute atomic E-state index is 12.6. The highest BCUT2D eigenvalue weighted by molar-refractivity contribution is 6.30. The van der Waals surface area contributed by atoms with Gasteiger partial charge >= 0.3 is 0 Å². The third kappa shape index (κ3) is 3.59. The molecule has 0 aliphatic carbocycles. The van der Waals surface area contributed by atoms with E-state index in [9.17, 15) is 9.59 Å². The molecule has 4 nitrogen and oxygen atoms in total. The molecular weight excluding hydrogens is 312 g/mol. The smallest absolute Gasteiger partial charge is 0.272 e. The summed E-state index contributed by atoms with van der Waals surface area (Å²) in [5.41, 5.74) is 1.06. The number of hydrogen-bond acceptors (Lipinski definition) is 3. The molecule has 1 amide bonds. The Hall–Kier alpha value is -2.20. The standard InChI is InChI=1S/C18H17ClN2O2/c19-14-8-9-16(20-12-14)18(23)21-10-4-7-15(21)11-17(22)13-5-2-1-3-6-13/h1-3,5-6,8-9,12,15H,4,7,10-11H2/t15-/m0/s1. The van der Waals surface area contributed by atoms with Crippen molar-refractivity contribution >= 4 is 23.3 Å². The molecule has 0 spiro atoms. The first-order valence-electron chi connectivity index (χ1n) is 7.66. The fourth-order valence-corrected chi connectivity index (χ4v) is 3.03. The summed E-state index contributed by atoms with van der Waals surface area (Å²) in [6.45, 7) is 0.663. The van der Waals surface area contributed by atoms with Crippen molar-refractivity contribution in [2.45, 2.75) is 25.3 Å². The van der Waals surface area contributed by atoms with Crippen LogP contribution >= 0.6 is 11.6 Å². The third-order valence-electron chi connectivity index (χ3n) is 4.10. The van der Waals surface area contributed by atoms with Crippen LogP contribution in [0.2, 0.25) is 5.02 Å². The third-order valence-corrected chi connectivity index (χ3v) is 4.32. The Kier molecular flexibility index (Phi) is 4.72. The predicted molar refractivity (Wildman–Crippen MR) is 88.7 cm³/mol. The minimum absolute atomic E-state index is 0.0623. The quantitative estimate of drug-likeness (QED) is 0.805. The predicted octanol–water partition coefficient (Wildman–Crippen LogP) is 3.61. The minimum Gasteiger partial charge on any atom is -0.334 e. The van der Waals surface area contributed by atoms with E-state index in [1.807, 2.05) is 30.3 Å². The van der Waals surface area contributed by atoms with Crippen LogP contribution in [0.25, 0.3) is 0 Å². The highest BCUT2D eigenvalue weighted by atomic mass is 35.5. The van der Waals surface area contributed by atoms with Gasteiger partial charge in [0, 0.05) is 30.8 Å². The van der Waals surface area contributed by atoms with Crippen LogP contribution in [-0.4, -0.2) is 34.2 Å². The lowest BCUT2D eigenvalue weighted by atomic mass is 10.0. The number of amides is 1. The second-order valence-corrected chi connectivity index (χ2v) is 6.09. The summed E-state index contributed by atoms with van der Waals surface area (Å²) in [6.07, 6.45) is 3.57. The highest BCUT2D eigenvalue weighted by Gasteiger charge is 2.31. The highest BCUT2D eigenvalue weighted by Crippen LogP contribution is 2.24. The topological polar surface area (TPSA) is 50.3 Å². The minimum atomic E-state index is -0.134. The monoisotopic (exact) mass is 328 g/mol. The number of ketones is 1.